The maximum absolute atomic E-state index is 11.9. The second kappa shape index (κ2) is 3.88. The number of rotatable bonds is 3. The third-order valence-corrected chi connectivity index (χ3v) is 2.74. The number of aromatic nitrogens is 2. The molecular weight excluding hydrogens is 208 g/mol. The van der Waals surface area contributed by atoms with Gasteiger partial charge in [-0.1, -0.05) is 0 Å². The molecular formula is C10H16N4O2. The van der Waals surface area contributed by atoms with Gasteiger partial charge in [0.1, 0.15) is 0 Å². The molecule has 1 aliphatic rings. The highest BCUT2D eigenvalue weighted by molar-refractivity contribution is 5.87. The molecule has 0 saturated carbocycles. The molecule has 88 valence electrons. The molecule has 1 aromatic rings. The fraction of sp³-hybridized carbons (Fsp3) is 0.600. The molecule has 0 spiro atoms. The van der Waals surface area contributed by atoms with E-state index in [0.29, 0.717) is 13.1 Å². The van der Waals surface area contributed by atoms with Gasteiger partial charge in [0.2, 0.25) is 5.91 Å². The maximum Gasteiger partial charge on any atom is 0.245 e. The second-order valence-corrected chi connectivity index (χ2v) is 4.44. The summed E-state index contributed by atoms with van der Waals surface area (Å²) in [5.74, 6) is -0.0832. The van der Waals surface area contributed by atoms with E-state index in [0.717, 1.165) is 0 Å². The first kappa shape index (κ1) is 11.1. The average Bonchev–Trinajstić information content (AvgIpc) is 2.74. The lowest BCUT2D eigenvalue weighted by molar-refractivity contribution is -0.136. The molecule has 1 aliphatic heterocycles. The second-order valence-electron chi connectivity index (χ2n) is 4.44. The number of aliphatic hydroxyl groups is 1. The van der Waals surface area contributed by atoms with E-state index in [9.17, 15) is 9.90 Å². The van der Waals surface area contributed by atoms with Gasteiger partial charge in [-0.3, -0.25) is 10.1 Å². The van der Waals surface area contributed by atoms with Crippen molar-refractivity contribution in [2.75, 3.05) is 6.54 Å². The Morgan fingerprint density at radius 1 is 1.56 bits per heavy atom. The lowest BCUT2D eigenvalue weighted by Crippen LogP contribution is -2.41. The first-order valence-corrected chi connectivity index (χ1v) is 5.23. The Morgan fingerprint density at radius 3 is 2.81 bits per heavy atom. The van der Waals surface area contributed by atoms with Crippen molar-refractivity contribution in [1.29, 1.82) is 0 Å². The molecule has 6 nitrogen and oxygen atoms in total. The van der Waals surface area contributed by atoms with Crippen molar-refractivity contribution in [3.63, 3.8) is 0 Å². The Kier molecular flexibility index (Phi) is 2.69. The monoisotopic (exact) mass is 224 g/mol. The summed E-state index contributed by atoms with van der Waals surface area (Å²) in [5, 5.41) is 12.5. The van der Waals surface area contributed by atoms with Crippen molar-refractivity contribution in [3.05, 3.63) is 18.7 Å². The molecule has 1 unspecified atom stereocenters. The molecule has 0 aliphatic carbocycles. The minimum atomic E-state index is -0.897. The lowest BCUT2D eigenvalue weighted by Gasteiger charge is -2.19. The normalized spacial score (nSPS) is 24.1. The zero-order valence-corrected chi connectivity index (χ0v) is 9.42. The Balaban J connectivity index is 1.98. The van der Waals surface area contributed by atoms with Crippen molar-refractivity contribution in [2.45, 2.75) is 32.3 Å². The van der Waals surface area contributed by atoms with E-state index in [-0.39, 0.29) is 5.91 Å². The van der Waals surface area contributed by atoms with Gasteiger partial charge < -0.3 is 14.6 Å². The summed E-state index contributed by atoms with van der Waals surface area (Å²) >= 11 is 0. The van der Waals surface area contributed by atoms with Crippen LogP contribution < -0.4 is 5.32 Å². The van der Waals surface area contributed by atoms with Crippen LogP contribution in [0.4, 0.5) is 0 Å². The average molecular weight is 224 g/mol. The number of nitrogens with zero attached hydrogens (tertiary/aromatic N) is 3. The number of hydrogen-bond acceptors (Lipinski definition) is 4. The molecule has 0 radical (unpaired) electrons. The van der Waals surface area contributed by atoms with E-state index in [1.54, 1.807) is 26.4 Å². The predicted molar refractivity (Wildman–Crippen MR) is 57.2 cm³/mol. The Bertz CT molecular complexity index is 374. The van der Waals surface area contributed by atoms with Gasteiger partial charge in [-0.25, -0.2) is 4.98 Å². The largest absolute Gasteiger partial charge is 0.361 e. The van der Waals surface area contributed by atoms with Crippen LogP contribution in [0, 0.1) is 0 Å². The molecule has 2 heterocycles. The third kappa shape index (κ3) is 1.94. The minimum absolute atomic E-state index is 0.0832. The minimum Gasteiger partial charge on any atom is -0.361 e. The number of amides is 1. The van der Waals surface area contributed by atoms with Gasteiger partial charge in [0.15, 0.2) is 6.35 Å². The van der Waals surface area contributed by atoms with Gasteiger partial charge in [-0.05, 0) is 13.8 Å². The Hall–Kier alpha value is -1.40. The van der Waals surface area contributed by atoms with Gasteiger partial charge in [-0.2, -0.15) is 0 Å². The van der Waals surface area contributed by atoms with Crippen LogP contribution >= 0.6 is 0 Å². The number of carbonyl (C=O) groups is 1. The Morgan fingerprint density at radius 2 is 2.31 bits per heavy atom. The highest BCUT2D eigenvalue weighted by Crippen LogP contribution is 2.18. The summed E-state index contributed by atoms with van der Waals surface area (Å²) in [6.45, 7) is 4.61. The number of carbonyl (C=O) groups excluding carboxylic acids is 1. The van der Waals surface area contributed by atoms with Crippen LogP contribution in [0.15, 0.2) is 18.7 Å². The van der Waals surface area contributed by atoms with Crippen LogP contribution in [0.1, 0.15) is 13.8 Å². The zero-order chi connectivity index (χ0) is 11.8. The molecule has 0 bridgehead atoms. The lowest BCUT2D eigenvalue weighted by atomic mass is 10.1. The van der Waals surface area contributed by atoms with Gasteiger partial charge in [-0.15, -0.1) is 0 Å². The van der Waals surface area contributed by atoms with Crippen LogP contribution in [0.2, 0.25) is 0 Å². The van der Waals surface area contributed by atoms with Crippen LogP contribution in [0.5, 0.6) is 0 Å². The number of imidazole rings is 1. The summed E-state index contributed by atoms with van der Waals surface area (Å²) in [7, 11) is 0. The highest BCUT2D eigenvalue weighted by Gasteiger charge is 2.43. The molecule has 1 atom stereocenters. The number of nitrogens with one attached hydrogen (secondary N) is 1. The van der Waals surface area contributed by atoms with E-state index in [1.165, 1.54) is 4.90 Å². The van der Waals surface area contributed by atoms with Crippen molar-refractivity contribution < 1.29 is 9.90 Å². The molecule has 1 saturated heterocycles. The summed E-state index contributed by atoms with van der Waals surface area (Å²) in [4.78, 5) is 17.2. The first-order valence-electron chi connectivity index (χ1n) is 5.23. The van der Waals surface area contributed by atoms with E-state index < -0.39 is 11.9 Å². The van der Waals surface area contributed by atoms with Gasteiger partial charge in [0.05, 0.1) is 11.9 Å². The highest BCUT2D eigenvalue weighted by atomic mass is 16.3. The summed E-state index contributed by atoms with van der Waals surface area (Å²) in [6, 6.07) is 0. The SMILES string of the molecule is CC1(C)NC(O)N(CCn2ccnc2)C1=O. The van der Waals surface area contributed by atoms with Crippen molar-refractivity contribution in [1.82, 2.24) is 19.8 Å². The van der Waals surface area contributed by atoms with Gasteiger partial charge >= 0.3 is 0 Å². The molecule has 0 aromatic carbocycles. The number of hydrogen-bond donors (Lipinski definition) is 2. The van der Waals surface area contributed by atoms with Crippen molar-refractivity contribution in [2.24, 2.45) is 0 Å². The molecule has 2 N–H and O–H groups in total. The molecule has 2 rings (SSSR count). The summed E-state index contributed by atoms with van der Waals surface area (Å²) in [5.41, 5.74) is -0.686. The van der Waals surface area contributed by atoms with Crippen LogP contribution in [0.3, 0.4) is 0 Å². The summed E-state index contributed by atoms with van der Waals surface area (Å²) < 4.78 is 1.87. The molecule has 16 heavy (non-hydrogen) atoms. The predicted octanol–water partition coefficient (Wildman–Crippen LogP) is -0.631. The molecule has 1 fully saturated rings. The first-order chi connectivity index (χ1) is 7.50. The zero-order valence-electron chi connectivity index (χ0n) is 9.42. The molecule has 1 aromatic heterocycles. The van der Waals surface area contributed by atoms with Crippen LogP contribution in [-0.4, -0.2) is 43.9 Å². The maximum atomic E-state index is 11.9. The van der Waals surface area contributed by atoms with E-state index in [1.807, 2.05) is 10.8 Å². The van der Waals surface area contributed by atoms with E-state index in [4.69, 9.17) is 0 Å². The molecule has 6 heteroatoms. The third-order valence-electron chi connectivity index (χ3n) is 2.74. The van der Waals surface area contributed by atoms with Crippen LogP contribution in [-0.2, 0) is 11.3 Å². The quantitative estimate of drug-likeness (QED) is 0.717. The smallest absolute Gasteiger partial charge is 0.245 e. The van der Waals surface area contributed by atoms with E-state index >= 15 is 0 Å². The van der Waals surface area contributed by atoms with Crippen molar-refractivity contribution >= 4 is 5.91 Å². The van der Waals surface area contributed by atoms with Crippen molar-refractivity contribution in [3.8, 4) is 0 Å². The fourth-order valence-corrected chi connectivity index (χ4v) is 1.80. The van der Waals surface area contributed by atoms with Gasteiger partial charge in [0.25, 0.3) is 0 Å². The topological polar surface area (TPSA) is 70.4 Å². The fourth-order valence-electron chi connectivity index (χ4n) is 1.80. The number of aliphatic hydroxyl groups excluding tert-OH is 1. The van der Waals surface area contributed by atoms with Gasteiger partial charge in [0, 0.05) is 25.5 Å². The molecule has 1 amide bonds. The summed E-state index contributed by atoms with van der Waals surface area (Å²) in [6.07, 6.45) is 4.30. The van der Waals surface area contributed by atoms with Crippen LogP contribution in [0.25, 0.3) is 0 Å². The van der Waals surface area contributed by atoms with E-state index in [2.05, 4.69) is 10.3 Å². The standard InChI is InChI=1S/C10H16N4O2/c1-10(2)8(15)14(9(16)12-10)6-5-13-4-3-11-7-13/h3-4,7,9,12,16H,5-6H2,1-2H3. The Labute approximate surface area is 93.9 Å².